The highest BCUT2D eigenvalue weighted by molar-refractivity contribution is 6.05. The van der Waals surface area contributed by atoms with Crippen molar-refractivity contribution < 1.29 is 18.8 Å². The molecular weight excluding hydrogens is 734 g/mol. The third-order valence-corrected chi connectivity index (χ3v) is 14.2. The molecule has 13 heteroatoms. The Balaban J connectivity index is 0.736. The normalized spacial score (nSPS) is 26.3. The van der Waals surface area contributed by atoms with Crippen molar-refractivity contribution in [3.63, 3.8) is 0 Å². The molecule has 12 nitrogen and oxygen atoms in total. The number of carbonyl (C=O) groups excluding carboxylic acids is 3. The molecule has 3 amide bonds. The number of halogens is 1. The topological polar surface area (TPSA) is 121 Å². The molecular formula is C45H54FN9O3. The van der Waals surface area contributed by atoms with E-state index in [-0.39, 0.29) is 36.2 Å². The number of hydrogen-bond acceptors (Lipinski definition) is 9. The lowest BCUT2D eigenvalue weighted by Gasteiger charge is -2.42. The van der Waals surface area contributed by atoms with Crippen LogP contribution in [0.4, 0.5) is 16.0 Å². The molecule has 1 aliphatic carbocycles. The third kappa shape index (κ3) is 6.73. The molecule has 4 fully saturated rings. The molecule has 5 aliphatic heterocycles. The minimum Gasteiger partial charge on any atom is -0.369 e. The number of piperazine rings is 1. The Morgan fingerprint density at radius 2 is 1.71 bits per heavy atom. The van der Waals surface area contributed by atoms with Crippen LogP contribution in [0.25, 0.3) is 10.9 Å². The van der Waals surface area contributed by atoms with E-state index in [4.69, 9.17) is 9.97 Å². The summed E-state index contributed by atoms with van der Waals surface area (Å²) in [6, 6.07) is 13.9. The van der Waals surface area contributed by atoms with Gasteiger partial charge in [0.25, 0.3) is 5.91 Å². The Hall–Kier alpha value is -4.88. The van der Waals surface area contributed by atoms with Crippen molar-refractivity contribution in [2.24, 2.45) is 11.3 Å². The zero-order valence-corrected chi connectivity index (χ0v) is 33.8. The quantitative estimate of drug-likeness (QED) is 0.232. The fraction of sp³-hybridized carbons (Fsp3) is 0.533. The Kier molecular flexibility index (Phi) is 9.12. The van der Waals surface area contributed by atoms with Crippen LogP contribution in [0.2, 0.25) is 0 Å². The fourth-order valence-corrected chi connectivity index (χ4v) is 10.9. The Morgan fingerprint density at radius 3 is 2.45 bits per heavy atom. The summed E-state index contributed by atoms with van der Waals surface area (Å²) in [6.45, 7) is 13.2. The van der Waals surface area contributed by atoms with Gasteiger partial charge in [0, 0.05) is 117 Å². The van der Waals surface area contributed by atoms with Gasteiger partial charge < -0.3 is 19.7 Å². The maximum Gasteiger partial charge on any atom is 0.255 e. The van der Waals surface area contributed by atoms with E-state index < -0.39 is 11.7 Å². The van der Waals surface area contributed by atoms with E-state index in [2.05, 4.69) is 67.2 Å². The number of fused-ring (bicyclic) bond motifs is 4. The van der Waals surface area contributed by atoms with Gasteiger partial charge in [-0.3, -0.25) is 29.5 Å². The highest BCUT2D eigenvalue weighted by Gasteiger charge is 2.55. The first kappa shape index (κ1) is 37.4. The van der Waals surface area contributed by atoms with Gasteiger partial charge in [0.1, 0.15) is 11.7 Å². The molecule has 4 atom stereocenters. The molecule has 6 aliphatic rings. The second-order valence-corrected chi connectivity index (χ2v) is 18.5. The number of alkyl halides is 1. The maximum atomic E-state index is 15.2. The van der Waals surface area contributed by atoms with Crippen LogP contribution in [-0.4, -0.2) is 117 Å². The van der Waals surface area contributed by atoms with E-state index >= 15 is 4.39 Å². The number of benzene rings is 2. The number of para-hydroxylation sites is 1. The molecule has 2 N–H and O–H groups in total. The highest BCUT2D eigenvalue weighted by Crippen LogP contribution is 2.59. The van der Waals surface area contributed by atoms with Crippen LogP contribution in [0.15, 0.2) is 54.9 Å². The summed E-state index contributed by atoms with van der Waals surface area (Å²) in [4.78, 5) is 62.2. The summed E-state index contributed by atoms with van der Waals surface area (Å²) in [5, 5.41) is 3.63. The van der Waals surface area contributed by atoms with Crippen molar-refractivity contribution in [2.75, 3.05) is 62.2 Å². The number of piperidine rings is 2. The molecule has 1 spiro atoms. The summed E-state index contributed by atoms with van der Waals surface area (Å²) in [6.07, 6.45) is 9.05. The molecule has 4 aromatic rings. The van der Waals surface area contributed by atoms with E-state index in [1.165, 1.54) is 17.4 Å². The molecule has 10 rings (SSSR count). The molecule has 1 saturated carbocycles. The highest BCUT2D eigenvalue weighted by atomic mass is 19.1. The number of nitrogens with zero attached hydrogens (tertiary/aromatic N) is 7. The van der Waals surface area contributed by atoms with E-state index in [0.29, 0.717) is 30.5 Å². The zero-order chi connectivity index (χ0) is 39.9. The summed E-state index contributed by atoms with van der Waals surface area (Å²) < 4.78 is 15.2. The predicted octanol–water partition coefficient (Wildman–Crippen LogP) is 5.23. The average molecular weight is 788 g/mol. The molecule has 2 aromatic heterocycles. The van der Waals surface area contributed by atoms with Crippen molar-refractivity contribution in [3.8, 4) is 0 Å². The summed E-state index contributed by atoms with van der Waals surface area (Å²) >= 11 is 0. The van der Waals surface area contributed by atoms with Crippen LogP contribution in [0, 0.1) is 11.3 Å². The summed E-state index contributed by atoms with van der Waals surface area (Å²) in [7, 11) is 0. The molecule has 58 heavy (non-hydrogen) atoms. The molecule has 7 heterocycles. The maximum absolute atomic E-state index is 15.2. The van der Waals surface area contributed by atoms with Crippen LogP contribution >= 0.6 is 0 Å². The minimum absolute atomic E-state index is 0.128. The lowest BCUT2D eigenvalue weighted by atomic mass is 9.88. The third-order valence-electron chi connectivity index (χ3n) is 14.2. The fourth-order valence-electron chi connectivity index (χ4n) is 10.9. The Morgan fingerprint density at radius 1 is 0.948 bits per heavy atom. The van der Waals surface area contributed by atoms with Gasteiger partial charge in [0.15, 0.2) is 0 Å². The molecule has 304 valence electrons. The summed E-state index contributed by atoms with van der Waals surface area (Å²) in [5.74, 6) is 0.727. The van der Waals surface area contributed by atoms with Gasteiger partial charge >= 0.3 is 0 Å². The number of aromatic amines is 1. The largest absolute Gasteiger partial charge is 0.369 e. The van der Waals surface area contributed by atoms with Gasteiger partial charge in [-0.15, -0.1) is 0 Å². The standard InChI is InChI=1S/C45H54FN9O3/c1-28-20-35-34-6-4-5-7-36(34)49-39(35)40(55(28)27-44(2,3)46)30-23-47-43(48-24-30)53-14-12-45(13-15-53)22-31(45)26-51-16-18-52(19-17-51)32-8-9-33-29(21-32)25-54(42(33)58)37-10-11-38(56)50-41(37)57/h4-9,21,23-24,28,31,37,40,49H,10-20,22,25-27H2,1-3H3,(H,50,56,57)/t28-,31?,37?,40-/m1/s1. The van der Waals surface area contributed by atoms with Crippen LogP contribution < -0.4 is 15.1 Å². The second kappa shape index (κ2) is 14.1. The number of amides is 3. The van der Waals surface area contributed by atoms with E-state index in [9.17, 15) is 14.4 Å². The van der Waals surface area contributed by atoms with Gasteiger partial charge in [-0.25, -0.2) is 14.4 Å². The predicted molar refractivity (Wildman–Crippen MR) is 220 cm³/mol. The SMILES string of the molecule is C[C@@H]1Cc2c([nH]c3ccccc23)[C@@H](c2cnc(N3CCC4(CC3)CC4CN3CCN(c4ccc5c(c4)CN(C4CCC(=O)NC4=O)C5=O)CC3)nc2)N1CC(C)(C)F. The molecule has 3 saturated heterocycles. The van der Waals surface area contributed by atoms with Gasteiger partial charge in [0.2, 0.25) is 17.8 Å². The summed E-state index contributed by atoms with van der Waals surface area (Å²) in [5.41, 5.74) is 6.36. The molecule has 0 radical (unpaired) electrons. The van der Waals surface area contributed by atoms with E-state index in [0.717, 1.165) is 105 Å². The first-order valence-corrected chi connectivity index (χ1v) is 21.3. The number of carbonyl (C=O) groups is 3. The molecule has 0 bridgehead atoms. The lowest BCUT2D eigenvalue weighted by molar-refractivity contribution is -0.136. The lowest BCUT2D eigenvalue weighted by Crippen LogP contribution is -2.52. The number of anilines is 2. The van der Waals surface area contributed by atoms with Crippen molar-refractivity contribution in [2.45, 2.75) is 89.6 Å². The van der Waals surface area contributed by atoms with Crippen molar-refractivity contribution in [3.05, 3.63) is 82.8 Å². The van der Waals surface area contributed by atoms with E-state index in [1.807, 2.05) is 24.5 Å². The molecule has 2 aromatic carbocycles. The van der Waals surface area contributed by atoms with Crippen molar-refractivity contribution in [1.29, 1.82) is 0 Å². The van der Waals surface area contributed by atoms with Gasteiger partial charge in [-0.1, -0.05) is 18.2 Å². The molecule has 2 unspecified atom stereocenters. The Labute approximate surface area is 339 Å². The first-order valence-electron chi connectivity index (χ1n) is 21.3. The smallest absolute Gasteiger partial charge is 0.255 e. The van der Waals surface area contributed by atoms with Crippen LogP contribution in [-0.2, 0) is 22.6 Å². The van der Waals surface area contributed by atoms with Crippen LogP contribution in [0.1, 0.15) is 91.7 Å². The van der Waals surface area contributed by atoms with Crippen LogP contribution in [0.3, 0.4) is 0 Å². The monoisotopic (exact) mass is 787 g/mol. The number of hydrogen-bond donors (Lipinski definition) is 2. The number of rotatable bonds is 8. The van der Waals surface area contributed by atoms with Crippen LogP contribution in [0.5, 0.6) is 0 Å². The van der Waals surface area contributed by atoms with Gasteiger partial charge in [-0.05, 0) is 99.6 Å². The number of nitrogens with one attached hydrogen (secondary N) is 2. The zero-order valence-electron chi connectivity index (χ0n) is 33.8. The number of imide groups is 1. The second-order valence-electron chi connectivity index (χ2n) is 18.5. The van der Waals surface area contributed by atoms with Crippen molar-refractivity contribution in [1.82, 2.24) is 35.0 Å². The van der Waals surface area contributed by atoms with Gasteiger partial charge in [0.05, 0.1) is 6.04 Å². The van der Waals surface area contributed by atoms with Gasteiger partial charge in [-0.2, -0.15) is 0 Å². The average Bonchev–Trinajstić information content (AvgIpc) is 3.55. The van der Waals surface area contributed by atoms with Crippen molar-refractivity contribution >= 4 is 40.3 Å². The number of aromatic nitrogens is 3. The Bertz CT molecular complexity index is 2250. The minimum atomic E-state index is -1.34. The number of H-pyrrole nitrogens is 1. The first-order chi connectivity index (χ1) is 27.9. The van der Waals surface area contributed by atoms with E-state index in [1.54, 1.807) is 18.7 Å².